The molecule has 0 radical (unpaired) electrons. The summed E-state index contributed by atoms with van der Waals surface area (Å²) < 4.78 is 4.03. The summed E-state index contributed by atoms with van der Waals surface area (Å²) in [7, 11) is 3.85. The zero-order chi connectivity index (χ0) is 8.27. The summed E-state index contributed by atoms with van der Waals surface area (Å²) in [6.07, 6.45) is -0.448. The van der Waals surface area contributed by atoms with Crippen molar-refractivity contribution in [3.8, 4) is 0 Å². The van der Waals surface area contributed by atoms with Gasteiger partial charge in [0.25, 0.3) is 0 Å². The Bertz CT molecular complexity index is 198. The molecule has 0 saturated carbocycles. The van der Waals surface area contributed by atoms with Gasteiger partial charge in [-0.25, -0.2) is 0 Å². The molecule has 62 valence electrons. The Labute approximate surface area is 70.4 Å². The Morgan fingerprint density at radius 3 is 2.91 bits per heavy atom. The fourth-order valence-corrected chi connectivity index (χ4v) is 1.40. The smallest absolute Gasteiger partial charge is 0.110 e. The molecule has 11 heavy (non-hydrogen) atoms. The summed E-state index contributed by atoms with van der Waals surface area (Å²) in [5.74, 6) is 0. The van der Waals surface area contributed by atoms with Crippen LogP contribution >= 0.6 is 11.5 Å². The number of hydrogen-bond donors (Lipinski definition) is 1. The molecule has 0 aliphatic heterocycles. The lowest BCUT2D eigenvalue weighted by Gasteiger charge is -2.13. The fraction of sp³-hybridized carbons (Fsp3) is 0.571. The topological polar surface area (TPSA) is 36.4 Å². The highest BCUT2D eigenvalue weighted by Crippen LogP contribution is 2.11. The zero-order valence-electron chi connectivity index (χ0n) is 6.69. The molecule has 3 nitrogen and oxygen atoms in total. The zero-order valence-corrected chi connectivity index (χ0v) is 7.51. The van der Waals surface area contributed by atoms with Crippen LogP contribution in [0.5, 0.6) is 0 Å². The Morgan fingerprint density at radius 1 is 1.73 bits per heavy atom. The maximum absolute atomic E-state index is 9.48. The third-order valence-electron chi connectivity index (χ3n) is 1.34. The SMILES string of the molecule is CN(C)CC(O)c1ccsn1. The van der Waals surface area contributed by atoms with E-state index in [2.05, 4.69) is 4.37 Å². The first-order valence-electron chi connectivity index (χ1n) is 3.43. The molecule has 0 spiro atoms. The molecule has 0 saturated heterocycles. The molecule has 1 aromatic heterocycles. The lowest BCUT2D eigenvalue weighted by atomic mass is 10.2. The second-order valence-corrected chi connectivity index (χ2v) is 3.37. The summed E-state index contributed by atoms with van der Waals surface area (Å²) in [5.41, 5.74) is 0.767. The van der Waals surface area contributed by atoms with Crippen molar-refractivity contribution < 1.29 is 5.11 Å². The molecule has 4 heteroatoms. The lowest BCUT2D eigenvalue weighted by molar-refractivity contribution is 0.135. The standard InChI is InChI=1S/C7H12N2OS/c1-9(2)5-7(10)6-3-4-11-8-6/h3-4,7,10H,5H2,1-2H3. The maximum Gasteiger partial charge on any atom is 0.110 e. The van der Waals surface area contributed by atoms with Gasteiger partial charge in [-0.1, -0.05) is 0 Å². The van der Waals surface area contributed by atoms with Crippen LogP contribution in [0.3, 0.4) is 0 Å². The quantitative estimate of drug-likeness (QED) is 0.730. The average molecular weight is 172 g/mol. The summed E-state index contributed by atoms with van der Waals surface area (Å²) in [4.78, 5) is 1.93. The summed E-state index contributed by atoms with van der Waals surface area (Å²) in [6, 6.07) is 1.85. The van der Waals surface area contributed by atoms with Crippen LogP contribution in [0.4, 0.5) is 0 Å². The minimum absolute atomic E-state index is 0.448. The number of nitrogens with zero attached hydrogens (tertiary/aromatic N) is 2. The normalized spacial score (nSPS) is 13.8. The van der Waals surface area contributed by atoms with Gasteiger partial charge in [-0.15, -0.1) is 0 Å². The monoisotopic (exact) mass is 172 g/mol. The number of aliphatic hydroxyl groups excluding tert-OH is 1. The predicted molar refractivity (Wildman–Crippen MR) is 45.6 cm³/mol. The molecule has 1 aromatic rings. The van der Waals surface area contributed by atoms with Gasteiger partial charge in [0.05, 0.1) is 5.69 Å². The lowest BCUT2D eigenvalue weighted by Crippen LogP contribution is -2.20. The fourth-order valence-electron chi connectivity index (χ4n) is 0.833. The Morgan fingerprint density at radius 2 is 2.45 bits per heavy atom. The molecule has 1 atom stereocenters. The number of rotatable bonds is 3. The molecule has 0 bridgehead atoms. The predicted octanol–water partition coefficient (Wildman–Crippen LogP) is 0.738. The molecule has 0 amide bonds. The van der Waals surface area contributed by atoms with Crippen molar-refractivity contribution in [2.75, 3.05) is 20.6 Å². The van der Waals surface area contributed by atoms with Crippen LogP contribution < -0.4 is 0 Å². The van der Waals surface area contributed by atoms with Crippen LogP contribution in [-0.4, -0.2) is 35.0 Å². The molecule has 1 N–H and O–H groups in total. The minimum Gasteiger partial charge on any atom is -0.385 e. The van der Waals surface area contributed by atoms with Gasteiger partial charge in [0.1, 0.15) is 6.10 Å². The van der Waals surface area contributed by atoms with Crippen LogP contribution in [0.2, 0.25) is 0 Å². The molecule has 1 unspecified atom stereocenters. The third-order valence-corrected chi connectivity index (χ3v) is 1.91. The van der Waals surface area contributed by atoms with Gasteiger partial charge in [-0.2, -0.15) is 4.37 Å². The van der Waals surface area contributed by atoms with Crippen LogP contribution in [-0.2, 0) is 0 Å². The van der Waals surface area contributed by atoms with E-state index in [1.165, 1.54) is 11.5 Å². The molecule has 1 heterocycles. The van der Waals surface area contributed by atoms with Crippen molar-refractivity contribution in [1.29, 1.82) is 0 Å². The molecule has 0 aromatic carbocycles. The van der Waals surface area contributed by atoms with E-state index >= 15 is 0 Å². The van der Waals surface area contributed by atoms with Gasteiger partial charge in [-0.3, -0.25) is 0 Å². The summed E-state index contributed by atoms with van der Waals surface area (Å²) in [5, 5.41) is 11.4. The van der Waals surface area contributed by atoms with Crippen LogP contribution in [0, 0.1) is 0 Å². The molecule has 0 aliphatic rings. The van der Waals surface area contributed by atoms with Crippen LogP contribution in [0.15, 0.2) is 11.4 Å². The minimum atomic E-state index is -0.448. The molecular weight excluding hydrogens is 160 g/mol. The molecule has 0 fully saturated rings. The van der Waals surface area contributed by atoms with E-state index in [-0.39, 0.29) is 0 Å². The van der Waals surface area contributed by atoms with Crippen molar-refractivity contribution in [1.82, 2.24) is 9.27 Å². The second kappa shape index (κ2) is 3.80. The first-order valence-corrected chi connectivity index (χ1v) is 4.27. The van der Waals surface area contributed by atoms with Crippen molar-refractivity contribution in [2.45, 2.75) is 6.10 Å². The highest BCUT2D eigenvalue weighted by atomic mass is 32.1. The number of aliphatic hydroxyl groups is 1. The van der Waals surface area contributed by atoms with Crippen LogP contribution in [0.25, 0.3) is 0 Å². The Hall–Kier alpha value is -0.450. The molecule has 1 rings (SSSR count). The van der Waals surface area contributed by atoms with Gasteiger partial charge in [0, 0.05) is 11.9 Å². The number of likely N-dealkylation sites (N-methyl/N-ethyl adjacent to an activating group) is 1. The van der Waals surface area contributed by atoms with Gasteiger partial charge in [0.2, 0.25) is 0 Å². The van der Waals surface area contributed by atoms with Gasteiger partial charge in [0.15, 0.2) is 0 Å². The second-order valence-electron chi connectivity index (χ2n) is 2.70. The van der Waals surface area contributed by atoms with E-state index in [1.54, 1.807) is 0 Å². The number of hydrogen-bond acceptors (Lipinski definition) is 4. The Kier molecular flexibility index (Phi) is 2.99. The van der Waals surface area contributed by atoms with E-state index in [0.29, 0.717) is 6.54 Å². The van der Waals surface area contributed by atoms with Gasteiger partial charge in [-0.05, 0) is 31.7 Å². The Balaban J connectivity index is 2.49. The maximum atomic E-state index is 9.48. The molecule has 0 aliphatic carbocycles. The van der Waals surface area contributed by atoms with E-state index < -0.39 is 6.10 Å². The van der Waals surface area contributed by atoms with Crippen LogP contribution in [0.1, 0.15) is 11.8 Å². The van der Waals surface area contributed by atoms with E-state index in [4.69, 9.17) is 0 Å². The first-order chi connectivity index (χ1) is 5.20. The summed E-state index contributed by atoms with van der Waals surface area (Å²) in [6.45, 7) is 0.629. The average Bonchev–Trinajstić information content (AvgIpc) is 2.35. The van der Waals surface area contributed by atoms with E-state index in [9.17, 15) is 5.11 Å². The largest absolute Gasteiger partial charge is 0.385 e. The highest BCUT2D eigenvalue weighted by molar-refractivity contribution is 7.03. The highest BCUT2D eigenvalue weighted by Gasteiger charge is 2.09. The first kappa shape index (κ1) is 8.64. The molecular formula is C7H12N2OS. The van der Waals surface area contributed by atoms with Gasteiger partial charge < -0.3 is 10.0 Å². The van der Waals surface area contributed by atoms with Crippen molar-refractivity contribution in [2.24, 2.45) is 0 Å². The van der Waals surface area contributed by atoms with Crippen molar-refractivity contribution >= 4 is 11.5 Å². The summed E-state index contributed by atoms with van der Waals surface area (Å²) >= 11 is 1.37. The third kappa shape index (κ3) is 2.57. The van der Waals surface area contributed by atoms with Gasteiger partial charge >= 0.3 is 0 Å². The van der Waals surface area contributed by atoms with E-state index in [0.717, 1.165) is 5.69 Å². The van der Waals surface area contributed by atoms with Crippen molar-refractivity contribution in [3.63, 3.8) is 0 Å². The van der Waals surface area contributed by atoms with E-state index in [1.807, 2.05) is 30.4 Å². The number of aromatic nitrogens is 1. The van der Waals surface area contributed by atoms with Crippen molar-refractivity contribution in [3.05, 3.63) is 17.1 Å².